The van der Waals surface area contributed by atoms with Crippen LogP contribution in [0.1, 0.15) is 23.1 Å². The fourth-order valence-electron chi connectivity index (χ4n) is 4.32. The minimum atomic E-state index is -0.0476. The molecule has 130 valence electrons. The average molecular weight is 334 g/mol. The van der Waals surface area contributed by atoms with E-state index in [9.17, 15) is 4.79 Å². The van der Waals surface area contributed by atoms with Gasteiger partial charge in [-0.15, -0.1) is 0 Å². The molecule has 1 aliphatic carbocycles. The summed E-state index contributed by atoms with van der Waals surface area (Å²) in [5.41, 5.74) is 4.22. The molecule has 25 heavy (non-hydrogen) atoms. The van der Waals surface area contributed by atoms with Crippen LogP contribution in [0.15, 0.2) is 54.6 Å². The monoisotopic (exact) mass is 334 g/mol. The quantitative estimate of drug-likeness (QED) is 0.932. The normalized spacial score (nSPS) is 21.6. The second kappa shape index (κ2) is 7.40. The van der Waals surface area contributed by atoms with Crippen LogP contribution in [0.25, 0.3) is 0 Å². The maximum atomic E-state index is 12.7. The van der Waals surface area contributed by atoms with Crippen LogP contribution in [0.5, 0.6) is 0 Å². The highest BCUT2D eigenvalue weighted by molar-refractivity contribution is 5.82. The number of carbonyl (C=O) groups is 1. The number of hydrogen-bond acceptors (Lipinski definition) is 2. The van der Waals surface area contributed by atoms with Crippen LogP contribution in [-0.2, 0) is 24.1 Å². The van der Waals surface area contributed by atoms with E-state index in [0.717, 1.165) is 45.3 Å². The lowest BCUT2D eigenvalue weighted by atomic mass is 10.0. The van der Waals surface area contributed by atoms with Crippen molar-refractivity contribution in [1.82, 2.24) is 10.2 Å². The van der Waals surface area contributed by atoms with Crippen LogP contribution in [0.3, 0.4) is 0 Å². The van der Waals surface area contributed by atoms with Gasteiger partial charge in [0.1, 0.15) is 0 Å². The third-order valence-corrected chi connectivity index (χ3v) is 5.56. The Morgan fingerprint density at radius 1 is 0.960 bits per heavy atom. The van der Waals surface area contributed by atoms with Crippen LogP contribution >= 0.6 is 0 Å². The molecular formula is C22H26N2O. The lowest BCUT2D eigenvalue weighted by Crippen LogP contribution is -2.47. The van der Waals surface area contributed by atoms with Gasteiger partial charge < -0.3 is 5.32 Å². The van der Waals surface area contributed by atoms with Gasteiger partial charge >= 0.3 is 0 Å². The van der Waals surface area contributed by atoms with Crippen LogP contribution in [0, 0.1) is 5.92 Å². The molecule has 1 unspecified atom stereocenters. The summed E-state index contributed by atoms with van der Waals surface area (Å²) in [6.07, 6.45) is 4.13. The Hall–Kier alpha value is -2.13. The molecule has 1 fully saturated rings. The second-order valence-electron chi connectivity index (χ2n) is 7.39. The molecule has 3 heteroatoms. The number of rotatable bonds is 4. The maximum absolute atomic E-state index is 12.7. The summed E-state index contributed by atoms with van der Waals surface area (Å²) in [6.45, 7) is 2.81. The fourth-order valence-corrected chi connectivity index (χ4v) is 4.32. The number of fused-ring (bicyclic) bond motifs is 1. The predicted octanol–water partition coefficient (Wildman–Crippen LogP) is 2.83. The predicted molar refractivity (Wildman–Crippen MR) is 100 cm³/mol. The van der Waals surface area contributed by atoms with Crippen molar-refractivity contribution in [3.8, 4) is 0 Å². The molecule has 1 amide bonds. The first-order valence-corrected chi connectivity index (χ1v) is 9.42. The smallest absolute Gasteiger partial charge is 0.237 e. The Kier molecular flexibility index (Phi) is 4.84. The van der Waals surface area contributed by atoms with E-state index in [4.69, 9.17) is 0 Å². The van der Waals surface area contributed by atoms with Gasteiger partial charge in [-0.2, -0.15) is 0 Å². The van der Waals surface area contributed by atoms with Gasteiger partial charge in [-0.3, -0.25) is 9.69 Å². The zero-order valence-electron chi connectivity index (χ0n) is 14.7. The number of carbonyl (C=O) groups excluding carboxylic acids is 1. The minimum absolute atomic E-state index is 0.0476. The van der Waals surface area contributed by atoms with Crippen molar-refractivity contribution in [1.29, 1.82) is 0 Å². The van der Waals surface area contributed by atoms with Gasteiger partial charge in [0.2, 0.25) is 5.91 Å². The molecule has 1 atom stereocenters. The molecule has 0 saturated carbocycles. The number of nitrogens with zero attached hydrogens (tertiary/aromatic N) is 1. The van der Waals surface area contributed by atoms with Crippen LogP contribution in [0.2, 0.25) is 0 Å². The summed E-state index contributed by atoms with van der Waals surface area (Å²) in [5.74, 6) is 0.818. The van der Waals surface area contributed by atoms with Gasteiger partial charge in [-0.1, -0.05) is 54.6 Å². The van der Waals surface area contributed by atoms with Crippen LogP contribution in [-0.4, -0.2) is 36.5 Å². The zero-order chi connectivity index (χ0) is 17.1. The molecule has 0 radical (unpaired) electrons. The van der Waals surface area contributed by atoms with Crippen LogP contribution < -0.4 is 5.32 Å². The van der Waals surface area contributed by atoms with E-state index in [-0.39, 0.29) is 11.9 Å². The molecule has 2 aromatic rings. The molecule has 1 N–H and O–H groups in total. The van der Waals surface area contributed by atoms with Crippen LogP contribution in [0.4, 0.5) is 0 Å². The number of amides is 1. The van der Waals surface area contributed by atoms with Crippen molar-refractivity contribution >= 4 is 5.91 Å². The largest absolute Gasteiger partial charge is 0.355 e. The first kappa shape index (κ1) is 16.3. The van der Waals surface area contributed by atoms with E-state index < -0.39 is 0 Å². The molecule has 2 aliphatic rings. The summed E-state index contributed by atoms with van der Waals surface area (Å²) in [6, 6.07) is 19.1. The van der Waals surface area contributed by atoms with Crippen molar-refractivity contribution in [2.45, 2.75) is 31.7 Å². The molecular weight excluding hydrogens is 308 g/mol. The standard InChI is InChI=1S/C22H26N2O/c25-22-21(15-17-7-2-1-3-8-17)24(12-6-11-23-22)16-18-13-19-9-4-5-10-20(19)14-18/h1-5,7-10,18,21H,6,11-16H2,(H,23,25). The van der Waals surface area contributed by atoms with Gasteiger partial charge in [0.05, 0.1) is 6.04 Å². The van der Waals surface area contributed by atoms with Crippen molar-refractivity contribution in [2.75, 3.05) is 19.6 Å². The molecule has 1 aliphatic heterocycles. The van der Waals surface area contributed by atoms with Crippen molar-refractivity contribution in [2.24, 2.45) is 5.92 Å². The number of nitrogens with one attached hydrogen (secondary N) is 1. The van der Waals surface area contributed by atoms with Crippen molar-refractivity contribution in [3.63, 3.8) is 0 Å². The summed E-state index contributed by atoms with van der Waals surface area (Å²) in [7, 11) is 0. The Morgan fingerprint density at radius 3 is 2.36 bits per heavy atom. The Labute approximate surface area is 150 Å². The summed E-state index contributed by atoms with van der Waals surface area (Å²) >= 11 is 0. The van der Waals surface area contributed by atoms with Crippen molar-refractivity contribution in [3.05, 3.63) is 71.3 Å². The van der Waals surface area contributed by atoms with E-state index in [0.29, 0.717) is 5.92 Å². The second-order valence-corrected chi connectivity index (χ2v) is 7.39. The Morgan fingerprint density at radius 2 is 1.64 bits per heavy atom. The van der Waals surface area contributed by atoms with Gasteiger partial charge in [0, 0.05) is 19.6 Å². The van der Waals surface area contributed by atoms with Gasteiger partial charge in [0.25, 0.3) is 0 Å². The van der Waals surface area contributed by atoms with E-state index in [1.165, 1.54) is 16.7 Å². The van der Waals surface area contributed by atoms with Gasteiger partial charge in [-0.05, 0) is 48.3 Å². The molecule has 0 bridgehead atoms. The first-order valence-electron chi connectivity index (χ1n) is 9.42. The lowest BCUT2D eigenvalue weighted by Gasteiger charge is -2.30. The first-order chi connectivity index (χ1) is 12.3. The fraction of sp³-hybridized carbons (Fsp3) is 0.409. The highest BCUT2D eigenvalue weighted by atomic mass is 16.2. The summed E-state index contributed by atoms with van der Waals surface area (Å²) in [4.78, 5) is 15.1. The average Bonchev–Trinajstić information content (AvgIpc) is 2.97. The van der Waals surface area contributed by atoms with E-state index in [1.54, 1.807) is 0 Å². The lowest BCUT2D eigenvalue weighted by molar-refractivity contribution is -0.125. The Bertz CT molecular complexity index is 703. The van der Waals surface area contributed by atoms with E-state index in [2.05, 4.69) is 58.7 Å². The molecule has 1 saturated heterocycles. The van der Waals surface area contributed by atoms with E-state index >= 15 is 0 Å². The molecule has 2 aromatic carbocycles. The van der Waals surface area contributed by atoms with Gasteiger partial charge in [-0.25, -0.2) is 0 Å². The highest BCUT2D eigenvalue weighted by Crippen LogP contribution is 2.28. The molecule has 0 aromatic heterocycles. The maximum Gasteiger partial charge on any atom is 0.237 e. The summed E-state index contributed by atoms with van der Waals surface area (Å²) < 4.78 is 0. The third kappa shape index (κ3) is 3.77. The minimum Gasteiger partial charge on any atom is -0.355 e. The third-order valence-electron chi connectivity index (χ3n) is 5.56. The topological polar surface area (TPSA) is 32.3 Å². The highest BCUT2D eigenvalue weighted by Gasteiger charge is 2.31. The van der Waals surface area contributed by atoms with Gasteiger partial charge in [0.15, 0.2) is 0 Å². The zero-order valence-corrected chi connectivity index (χ0v) is 14.7. The van der Waals surface area contributed by atoms with E-state index in [1.807, 2.05) is 6.07 Å². The Balaban J connectivity index is 1.48. The molecule has 3 nitrogen and oxygen atoms in total. The SMILES string of the molecule is O=C1NCCCN(CC2Cc3ccccc3C2)C1Cc1ccccc1. The summed E-state index contributed by atoms with van der Waals surface area (Å²) in [5, 5.41) is 3.11. The molecule has 1 heterocycles. The molecule has 0 spiro atoms. The molecule has 4 rings (SSSR count). The number of hydrogen-bond donors (Lipinski definition) is 1. The number of benzene rings is 2. The van der Waals surface area contributed by atoms with Crippen molar-refractivity contribution < 1.29 is 4.79 Å².